The molecule has 9 aliphatic carbocycles. The Balaban J connectivity index is 1.04. The van der Waals surface area contributed by atoms with Crippen molar-refractivity contribution in [1.82, 2.24) is 10.6 Å². The van der Waals surface area contributed by atoms with Gasteiger partial charge in [0.1, 0.15) is 0 Å². The lowest BCUT2D eigenvalue weighted by Crippen LogP contribution is -2.69. The number of carbonyl (C=O) groups is 1. The first kappa shape index (κ1) is 52.8. The molecule has 12 atom stereocenters. The van der Waals surface area contributed by atoms with Gasteiger partial charge in [-0.25, -0.2) is 0 Å². The smallest absolute Gasteiger partial charge is 0.306 e. The van der Waals surface area contributed by atoms with Crippen LogP contribution in [0.3, 0.4) is 0 Å². The zero-order chi connectivity index (χ0) is 53.8. The first-order chi connectivity index (χ1) is 37.8. The number of aliphatic hydroxyl groups excluding tert-OH is 3. The standard InChI is InChI=1S/C71H92N2O5/c1-44(2)35-52-28-31-67(3)62(76)30-33-70-58-29-32-68(4)64-55(65(77)78)26-24-50(43-74)53(46-16-7-5-8-17-46)23-14-34-72-63-27-25-49(42-73-63)47-19-13-15-45(36-47)37-56-54-22-12-11-18-48(54)38-59(70)57(56)39-69(52,66(67)70)40-60(58)71(68,41-61(64)75)51-20-9-6-10-21-51/h11-13,15,18-19,22,25,27-28,36,38-39,43-44,46,51,53,55,59,61-62,64,66,72-76H,5-10,14,16-17,20-21,23-24,26,29-35,37,40-42H2,1-4H3,(H,77,78)/b50-43+/t53-,55+,59-,61+,62-,64-,66+,67+,68+,69+,70+,71+/m0/s1. The monoisotopic (exact) mass is 1050 g/mol. The zero-order valence-corrected chi connectivity index (χ0v) is 47.7. The van der Waals surface area contributed by atoms with E-state index < -0.39 is 35.4 Å². The van der Waals surface area contributed by atoms with Crippen molar-refractivity contribution in [2.24, 2.45) is 74.4 Å². The molecule has 0 saturated heterocycles. The largest absolute Gasteiger partial charge is 0.516 e. The number of fused-ring (bicyclic) bond motifs is 1. The molecule has 17 rings (SSSR count). The van der Waals surface area contributed by atoms with Gasteiger partial charge in [0, 0.05) is 46.6 Å². The van der Waals surface area contributed by atoms with Crippen molar-refractivity contribution in [2.75, 3.05) is 13.1 Å². The van der Waals surface area contributed by atoms with Crippen LogP contribution in [0.2, 0.25) is 0 Å². The number of aliphatic hydroxyl groups is 3. The van der Waals surface area contributed by atoms with E-state index in [2.05, 4.69) is 117 Å². The van der Waals surface area contributed by atoms with Gasteiger partial charge < -0.3 is 31.1 Å². The summed E-state index contributed by atoms with van der Waals surface area (Å²) in [6, 6.07) is 18.6. The summed E-state index contributed by atoms with van der Waals surface area (Å²) >= 11 is 0. The molecular formula is C71H92N2O5. The van der Waals surface area contributed by atoms with Crippen LogP contribution in [-0.4, -0.2) is 51.7 Å². The van der Waals surface area contributed by atoms with E-state index in [1.54, 1.807) is 16.7 Å². The van der Waals surface area contributed by atoms with Gasteiger partial charge in [0.05, 0.1) is 30.2 Å². The Morgan fingerprint density at radius 1 is 0.846 bits per heavy atom. The second-order valence-electron chi connectivity index (χ2n) is 28.3. The number of nitrogens with one attached hydrogen (secondary N) is 2. The highest BCUT2D eigenvalue weighted by Crippen LogP contribution is 2.83. The molecule has 6 N–H and O–H groups in total. The molecule has 4 fully saturated rings. The lowest BCUT2D eigenvalue weighted by molar-refractivity contribution is -0.168. The van der Waals surface area contributed by atoms with Gasteiger partial charge in [-0.15, -0.1) is 0 Å². The summed E-state index contributed by atoms with van der Waals surface area (Å²) in [5, 5.41) is 59.4. The van der Waals surface area contributed by atoms with E-state index in [1.165, 1.54) is 83.1 Å². The van der Waals surface area contributed by atoms with E-state index in [0.717, 1.165) is 114 Å². The Morgan fingerprint density at radius 2 is 1.64 bits per heavy atom. The Labute approximate surface area is 466 Å². The molecule has 6 heterocycles. The molecule has 416 valence electrons. The summed E-state index contributed by atoms with van der Waals surface area (Å²) in [7, 11) is 0. The van der Waals surface area contributed by atoms with E-state index in [9.17, 15) is 25.2 Å². The van der Waals surface area contributed by atoms with Crippen LogP contribution in [0.5, 0.6) is 0 Å². The molecule has 0 amide bonds. The fraction of sp³-hybridized carbons (Fsp3) is 0.620. The van der Waals surface area contributed by atoms with Gasteiger partial charge in [-0.3, -0.25) is 4.79 Å². The highest BCUT2D eigenvalue weighted by molar-refractivity contribution is 5.78. The third kappa shape index (κ3) is 8.00. The van der Waals surface area contributed by atoms with Crippen molar-refractivity contribution < 1.29 is 25.2 Å². The van der Waals surface area contributed by atoms with Gasteiger partial charge in [0.2, 0.25) is 0 Å². The Bertz CT molecular complexity index is 3030. The Morgan fingerprint density at radius 3 is 2.40 bits per heavy atom. The summed E-state index contributed by atoms with van der Waals surface area (Å²) < 4.78 is 0. The molecule has 2 aromatic rings. The van der Waals surface area contributed by atoms with E-state index in [1.807, 2.05) is 0 Å². The molecular weight excluding hydrogens is 961 g/mol. The number of allylic oxidation sites excluding steroid dienone is 9. The molecule has 6 aliphatic heterocycles. The minimum absolute atomic E-state index is 0.113. The van der Waals surface area contributed by atoms with Crippen molar-refractivity contribution in [3.63, 3.8) is 0 Å². The molecule has 2 aromatic carbocycles. The lowest BCUT2D eigenvalue weighted by atomic mass is 9.29. The summed E-state index contributed by atoms with van der Waals surface area (Å²) in [6.45, 7) is 11.3. The van der Waals surface area contributed by atoms with E-state index in [4.69, 9.17) is 0 Å². The summed E-state index contributed by atoms with van der Waals surface area (Å²) in [5.74, 6) is 0.893. The predicted octanol–water partition coefficient (Wildman–Crippen LogP) is 13.3. The van der Waals surface area contributed by atoms with Crippen molar-refractivity contribution in [2.45, 2.75) is 188 Å². The number of aliphatic carboxylic acids is 1. The van der Waals surface area contributed by atoms with Crippen LogP contribution in [0.15, 0.2) is 113 Å². The average Bonchev–Trinajstić information content (AvgIpc) is 1.35. The second kappa shape index (κ2) is 20.1. The van der Waals surface area contributed by atoms with Gasteiger partial charge in [0.15, 0.2) is 0 Å². The van der Waals surface area contributed by atoms with Crippen LogP contribution in [0.1, 0.15) is 180 Å². The number of carboxylic acid groups (broad SMARTS) is 1. The third-order valence-electron chi connectivity index (χ3n) is 24.4. The zero-order valence-electron chi connectivity index (χ0n) is 47.7. The van der Waals surface area contributed by atoms with Gasteiger partial charge in [-0.1, -0.05) is 156 Å². The van der Waals surface area contributed by atoms with E-state index >= 15 is 0 Å². The quantitative estimate of drug-likeness (QED) is 0.130. The van der Waals surface area contributed by atoms with Crippen molar-refractivity contribution in [1.29, 1.82) is 0 Å². The molecule has 0 unspecified atom stereocenters. The van der Waals surface area contributed by atoms with E-state index in [0.29, 0.717) is 37.0 Å². The topological polar surface area (TPSA) is 122 Å². The SMILES string of the molecule is CC(C)CC1=CC[C@]2(C)[C@@H](O)CC[C@@]34C5=C6C[C@@]1(C=C1C(=c7ccccc7=C[C@@H]13)Cc1cccc(c1)C1=CC=C(NCCC[C@@H](C3CCCCC3)/C(=C/O)CC[C@@H](C(=O)O)[C@H]3[C@H](O)C[C@]6(C6CCCCC6)[C@]3(C)CC5)NC1)[C@@H]24. The van der Waals surface area contributed by atoms with Gasteiger partial charge in [0.25, 0.3) is 0 Å². The molecule has 0 aromatic heterocycles. The van der Waals surface area contributed by atoms with Crippen LogP contribution < -0.4 is 21.1 Å². The average molecular weight is 1050 g/mol. The fourth-order valence-corrected chi connectivity index (χ4v) is 21.4. The Kier molecular flexibility index (Phi) is 13.6. The minimum atomic E-state index is -0.783. The van der Waals surface area contributed by atoms with Crippen LogP contribution in [0, 0.1) is 74.4 Å². The lowest BCUT2D eigenvalue weighted by Gasteiger charge is -2.74. The van der Waals surface area contributed by atoms with Crippen LogP contribution in [0.4, 0.5) is 0 Å². The van der Waals surface area contributed by atoms with Gasteiger partial charge in [-0.2, -0.15) is 0 Å². The van der Waals surface area contributed by atoms with Crippen LogP contribution >= 0.6 is 0 Å². The van der Waals surface area contributed by atoms with Gasteiger partial charge >= 0.3 is 5.97 Å². The minimum Gasteiger partial charge on any atom is -0.516 e. The molecule has 7 heteroatoms. The maximum atomic E-state index is 14.4. The van der Waals surface area contributed by atoms with Crippen molar-refractivity contribution in [3.8, 4) is 0 Å². The highest BCUT2D eigenvalue weighted by Gasteiger charge is 2.76. The van der Waals surface area contributed by atoms with E-state index in [-0.39, 0.29) is 39.4 Å². The Hall–Kier alpha value is -4.59. The third-order valence-corrected chi connectivity index (χ3v) is 24.4. The number of benzene rings is 2. The second-order valence-corrected chi connectivity index (χ2v) is 28.3. The highest BCUT2D eigenvalue weighted by atomic mass is 16.4. The van der Waals surface area contributed by atoms with Crippen LogP contribution in [0.25, 0.3) is 17.2 Å². The number of hydrogen-bond acceptors (Lipinski definition) is 6. The molecule has 15 aliphatic rings. The fourth-order valence-electron chi connectivity index (χ4n) is 21.4. The summed E-state index contributed by atoms with van der Waals surface area (Å²) in [4.78, 5) is 14.4. The predicted molar refractivity (Wildman–Crippen MR) is 314 cm³/mol. The first-order valence-electron chi connectivity index (χ1n) is 31.6. The maximum absolute atomic E-state index is 14.4. The molecule has 0 radical (unpaired) electrons. The normalized spacial score (nSPS) is 39.3. The van der Waals surface area contributed by atoms with Crippen LogP contribution in [-0.2, 0) is 11.2 Å². The molecule has 7 nitrogen and oxygen atoms in total. The number of rotatable bonds is 5. The molecule has 78 heavy (non-hydrogen) atoms. The number of dihydropyridines is 1. The molecule has 4 saturated carbocycles. The summed E-state index contributed by atoms with van der Waals surface area (Å²) in [5.41, 5.74) is 10.9. The van der Waals surface area contributed by atoms with Gasteiger partial charge in [-0.05, 0) is 194 Å². The number of carboxylic acids is 1. The first-order valence-corrected chi connectivity index (χ1v) is 31.6. The maximum Gasteiger partial charge on any atom is 0.306 e. The molecule has 14 bridgehead atoms. The number of hydrogen-bond donors (Lipinski definition) is 6. The molecule has 2 spiro atoms. The summed E-state index contributed by atoms with van der Waals surface area (Å²) in [6.07, 6.45) is 35.3. The van der Waals surface area contributed by atoms with Crippen molar-refractivity contribution >= 4 is 23.2 Å². The van der Waals surface area contributed by atoms with Crippen molar-refractivity contribution in [3.05, 3.63) is 134 Å².